The summed E-state index contributed by atoms with van der Waals surface area (Å²) in [5.74, 6) is -0.232. The molecular formula is C21H21FN2. The van der Waals surface area contributed by atoms with Gasteiger partial charge in [0.2, 0.25) is 0 Å². The Hall–Kier alpha value is -2.81. The summed E-state index contributed by atoms with van der Waals surface area (Å²) in [7, 11) is 0. The molecule has 2 aromatic carbocycles. The second-order valence-electron chi connectivity index (χ2n) is 6.21. The molecule has 0 fully saturated rings. The second kappa shape index (κ2) is 6.75. The molecule has 0 saturated carbocycles. The van der Waals surface area contributed by atoms with Gasteiger partial charge in [0.1, 0.15) is 5.82 Å². The number of halogens is 1. The fourth-order valence-corrected chi connectivity index (χ4v) is 2.98. The monoisotopic (exact) mass is 320 g/mol. The van der Waals surface area contributed by atoms with E-state index in [1.807, 2.05) is 42.5 Å². The summed E-state index contributed by atoms with van der Waals surface area (Å²) in [4.78, 5) is 0. The molecule has 0 aromatic heterocycles. The maximum Gasteiger partial charge on any atom is 0.123 e. The van der Waals surface area contributed by atoms with Crippen LogP contribution in [0.15, 0.2) is 84.2 Å². The first-order valence-corrected chi connectivity index (χ1v) is 7.99. The van der Waals surface area contributed by atoms with Crippen molar-refractivity contribution < 1.29 is 4.39 Å². The molecule has 0 radical (unpaired) electrons. The molecule has 2 nitrogen and oxygen atoms in total. The largest absolute Gasteiger partial charge is 0.401 e. The topological polar surface area (TPSA) is 52.0 Å². The first kappa shape index (κ1) is 16.1. The van der Waals surface area contributed by atoms with Gasteiger partial charge in [0.25, 0.3) is 0 Å². The Bertz CT molecular complexity index is 788. The first-order chi connectivity index (χ1) is 11.6. The minimum Gasteiger partial charge on any atom is -0.401 e. The highest BCUT2D eigenvalue weighted by Gasteiger charge is 2.31. The molecule has 1 aliphatic rings. The maximum atomic E-state index is 13.2. The average Bonchev–Trinajstić information content (AvgIpc) is 2.59. The van der Waals surface area contributed by atoms with Crippen LogP contribution in [-0.4, -0.2) is 0 Å². The van der Waals surface area contributed by atoms with E-state index in [1.165, 1.54) is 12.1 Å². The third-order valence-electron chi connectivity index (χ3n) is 4.43. The summed E-state index contributed by atoms with van der Waals surface area (Å²) in [5.41, 5.74) is 15.5. The van der Waals surface area contributed by atoms with Gasteiger partial charge in [-0.15, -0.1) is 0 Å². The summed E-state index contributed by atoms with van der Waals surface area (Å²) in [5, 5.41) is 0. The van der Waals surface area contributed by atoms with E-state index < -0.39 is 0 Å². The number of hydrogen-bond acceptors (Lipinski definition) is 2. The molecular weight excluding hydrogens is 299 g/mol. The van der Waals surface area contributed by atoms with E-state index in [0.717, 1.165) is 23.2 Å². The van der Waals surface area contributed by atoms with Crippen LogP contribution in [0.2, 0.25) is 0 Å². The summed E-state index contributed by atoms with van der Waals surface area (Å²) in [6, 6.07) is 16.7. The third kappa shape index (κ3) is 3.57. The van der Waals surface area contributed by atoms with Crippen molar-refractivity contribution in [3.8, 4) is 0 Å². The summed E-state index contributed by atoms with van der Waals surface area (Å²) < 4.78 is 13.2. The van der Waals surface area contributed by atoms with Crippen LogP contribution in [0.1, 0.15) is 17.5 Å². The Labute approximate surface area is 142 Å². The van der Waals surface area contributed by atoms with Crippen molar-refractivity contribution in [3.05, 3.63) is 101 Å². The molecule has 24 heavy (non-hydrogen) atoms. The van der Waals surface area contributed by atoms with E-state index in [4.69, 9.17) is 11.5 Å². The van der Waals surface area contributed by atoms with Crippen LogP contribution in [0.25, 0.3) is 6.08 Å². The molecule has 0 heterocycles. The van der Waals surface area contributed by atoms with Crippen molar-refractivity contribution in [3.63, 3.8) is 0 Å². The lowest BCUT2D eigenvalue weighted by atomic mass is 9.73. The molecule has 0 bridgehead atoms. The molecule has 1 atom stereocenters. The van der Waals surface area contributed by atoms with Gasteiger partial charge < -0.3 is 11.5 Å². The van der Waals surface area contributed by atoms with Crippen molar-refractivity contribution in [1.29, 1.82) is 0 Å². The van der Waals surface area contributed by atoms with Crippen LogP contribution in [0.4, 0.5) is 4.39 Å². The van der Waals surface area contributed by atoms with Gasteiger partial charge in [-0.3, -0.25) is 0 Å². The SMILES string of the molecule is NC1=CCC(C=Cc2ccccc2)(Cc2ccc(F)cc2)C(N)=C1. The van der Waals surface area contributed by atoms with E-state index in [9.17, 15) is 4.39 Å². The van der Waals surface area contributed by atoms with Gasteiger partial charge in [-0.2, -0.15) is 0 Å². The lowest BCUT2D eigenvalue weighted by Gasteiger charge is -2.33. The average molecular weight is 320 g/mol. The van der Waals surface area contributed by atoms with Gasteiger partial charge in [-0.25, -0.2) is 4.39 Å². The van der Waals surface area contributed by atoms with Crippen molar-refractivity contribution in [1.82, 2.24) is 0 Å². The minimum atomic E-state index is -0.351. The van der Waals surface area contributed by atoms with Crippen LogP contribution in [0.3, 0.4) is 0 Å². The van der Waals surface area contributed by atoms with E-state index in [2.05, 4.69) is 24.3 Å². The number of allylic oxidation sites excluding steroid dienone is 3. The van der Waals surface area contributed by atoms with E-state index in [0.29, 0.717) is 12.1 Å². The Morgan fingerprint density at radius 3 is 2.38 bits per heavy atom. The van der Waals surface area contributed by atoms with Gasteiger partial charge in [-0.1, -0.05) is 60.7 Å². The highest BCUT2D eigenvalue weighted by molar-refractivity contribution is 5.52. The van der Waals surface area contributed by atoms with Gasteiger partial charge in [0, 0.05) is 16.8 Å². The Morgan fingerprint density at radius 1 is 1.00 bits per heavy atom. The van der Waals surface area contributed by atoms with Crippen LogP contribution in [-0.2, 0) is 6.42 Å². The van der Waals surface area contributed by atoms with Gasteiger partial charge in [0.15, 0.2) is 0 Å². The van der Waals surface area contributed by atoms with E-state index in [-0.39, 0.29) is 11.2 Å². The zero-order valence-corrected chi connectivity index (χ0v) is 13.5. The van der Waals surface area contributed by atoms with Gasteiger partial charge in [-0.05, 0) is 42.2 Å². The first-order valence-electron chi connectivity index (χ1n) is 7.99. The molecule has 3 rings (SSSR count). The number of nitrogens with two attached hydrogens (primary N) is 2. The quantitative estimate of drug-likeness (QED) is 0.889. The van der Waals surface area contributed by atoms with Crippen LogP contribution in [0.5, 0.6) is 0 Å². The normalized spacial score (nSPS) is 20.7. The predicted octanol–water partition coefficient (Wildman–Crippen LogP) is 4.16. The fraction of sp³-hybridized carbons (Fsp3) is 0.143. The van der Waals surface area contributed by atoms with Crippen LogP contribution >= 0.6 is 0 Å². The molecule has 1 aliphatic carbocycles. The molecule has 3 heteroatoms. The highest BCUT2D eigenvalue weighted by Crippen LogP contribution is 2.38. The van der Waals surface area contributed by atoms with E-state index >= 15 is 0 Å². The molecule has 122 valence electrons. The standard InChI is InChI=1S/C21H21FN2/c22-18-8-6-17(7-9-18)15-21(13-11-19(23)14-20(21)24)12-10-16-4-2-1-3-5-16/h1-12,14H,13,15,23-24H2. The van der Waals surface area contributed by atoms with Crippen LogP contribution in [0, 0.1) is 11.2 Å². The molecule has 0 aliphatic heterocycles. The highest BCUT2D eigenvalue weighted by atomic mass is 19.1. The van der Waals surface area contributed by atoms with Gasteiger partial charge >= 0.3 is 0 Å². The second-order valence-corrected chi connectivity index (χ2v) is 6.21. The van der Waals surface area contributed by atoms with Crippen molar-refractivity contribution in [2.24, 2.45) is 16.9 Å². The summed E-state index contributed by atoms with van der Waals surface area (Å²) in [6.45, 7) is 0. The Morgan fingerprint density at radius 2 is 1.71 bits per heavy atom. The fourth-order valence-electron chi connectivity index (χ4n) is 2.98. The molecule has 0 amide bonds. The van der Waals surface area contributed by atoms with Crippen molar-refractivity contribution >= 4 is 6.08 Å². The molecule has 0 spiro atoms. The molecule has 2 aromatic rings. The Kier molecular flexibility index (Phi) is 4.52. The van der Waals surface area contributed by atoms with Crippen LogP contribution < -0.4 is 11.5 Å². The zero-order valence-electron chi connectivity index (χ0n) is 13.5. The molecule has 1 unspecified atom stereocenters. The summed E-state index contributed by atoms with van der Waals surface area (Å²) in [6.07, 6.45) is 9.46. The van der Waals surface area contributed by atoms with Crippen molar-refractivity contribution in [2.45, 2.75) is 12.8 Å². The maximum absolute atomic E-state index is 13.2. The predicted molar refractivity (Wildman–Crippen MR) is 97.2 cm³/mol. The molecule has 4 N–H and O–H groups in total. The van der Waals surface area contributed by atoms with Gasteiger partial charge in [0.05, 0.1) is 0 Å². The number of hydrogen-bond donors (Lipinski definition) is 2. The Balaban J connectivity index is 1.94. The minimum absolute atomic E-state index is 0.232. The molecule has 0 saturated heterocycles. The van der Waals surface area contributed by atoms with Crippen molar-refractivity contribution in [2.75, 3.05) is 0 Å². The lowest BCUT2D eigenvalue weighted by Crippen LogP contribution is -2.31. The lowest BCUT2D eigenvalue weighted by molar-refractivity contribution is 0.451. The summed E-state index contributed by atoms with van der Waals surface area (Å²) >= 11 is 0. The van der Waals surface area contributed by atoms with E-state index in [1.54, 1.807) is 0 Å². The third-order valence-corrected chi connectivity index (χ3v) is 4.43. The smallest absolute Gasteiger partial charge is 0.123 e. The number of benzene rings is 2. The number of rotatable bonds is 4. The zero-order chi connectivity index (χ0) is 17.0.